The molecule has 0 aromatic heterocycles. The Balaban J connectivity index is 2.13. The number of hydrogen-bond donors (Lipinski definition) is 2. The third-order valence-electron chi connectivity index (χ3n) is 2.67. The van der Waals surface area contributed by atoms with Crippen LogP contribution in [0.15, 0.2) is 24.3 Å². The summed E-state index contributed by atoms with van der Waals surface area (Å²) in [5.41, 5.74) is 1.90. The number of rotatable bonds is 8. The lowest BCUT2D eigenvalue weighted by atomic mass is 10.2. The van der Waals surface area contributed by atoms with E-state index in [9.17, 15) is 4.79 Å². The van der Waals surface area contributed by atoms with Gasteiger partial charge in [0.25, 0.3) is 0 Å². The van der Waals surface area contributed by atoms with Gasteiger partial charge >= 0.3 is 0 Å². The van der Waals surface area contributed by atoms with Gasteiger partial charge < -0.3 is 15.4 Å². The highest BCUT2D eigenvalue weighted by molar-refractivity contribution is 5.92. The molecular weight excluding hydrogens is 240 g/mol. The first kappa shape index (κ1) is 15.7. The molecule has 2 N–H and O–H groups in total. The van der Waals surface area contributed by atoms with Crippen molar-refractivity contribution in [2.45, 2.75) is 33.2 Å². The second-order valence-corrected chi connectivity index (χ2v) is 4.88. The van der Waals surface area contributed by atoms with Crippen molar-refractivity contribution in [1.29, 1.82) is 0 Å². The molecule has 1 rings (SSSR count). The van der Waals surface area contributed by atoms with Crippen LogP contribution in [-0.2, 0) is 9.53 Å². The fourth-order valence-electron chi connectivity index (χ4n) is 1.63. The molecule has 4 heteroatoms. The average Bonchev–Trinajstić information content (AvgIpc) is 2.36. The SMILES string of the molecule is Cc1ccccc1NC(=O)COCCCNC(C)C. The lowest BCUT2D eigenvalue weighted by Crippen LogP contribution is -2.25. The van der Waals surface area contributed by atoms with Crippen molar-refractivity contribution in [3.05, 3.63) is 29.8 Å². The van der Waals surface area contributed by atoms with E-state index in [0.29, 0.717) is 12.6 Å². The average molecular weight is 264 g/mol. The highest BCUT2D eigenvalue weighted by atomic mass is 16.5. The molecule has 1 aromatic carbocycles. The number of hydrogen-bond acceptors (Lipinski definition) is 3. The fourth-order valence-corrected chi connectivity index (χ4v) is 1.63. The Hall–Kier alpha value is -1.39. The lowest BCUT2D eigenvalue weighted by Gasteiger charge is -2.09. The summed E-state index contributed by atoms with van der Waals surface area (Å²) >= 11 is 0. The molecule has 0 unspecified atom stereocenters. The van der Waals surface area contributed by atoms with E-state index in [1.807, 2.05) is 31.2 Å². The molecule has 0 bridgehead atoms. The molecular formula is C15H24N2O2. The lowest BCUT2D eigenvalue weighted by molar-refractivity contribution is -0.120. The summed E-state index contributed by atoms with van der Waals surface area (Å²) in [5, 5.41) is 6.14. The molecule has 0 spiro atoms. The van der Waals surface area contributed by atoms with Crippen LogP contribution in [0.5, 0.6) is 0 Å². The second kappa shape index (κ2) is 8.67. The van der Waals surface area contributed by atoms with Crippen LogP contribution < -0.4 is 10.6 Å². The minimum Gasteiger partial charge on any atom is -0.372 e. The summed E-state index contributed by atoms with van der Waals surface area (Å²) in [4.78, 5) is 11.7. The molecule has 0 radical (unpaired) electrons. The molecule has 0 aliphatic rings. The van der Waals surface area contributed by atoms with Crippen LogP contribution in [0.4, 0.5) is 5.69 Å². The van der Waals surface area contributed by atoms with Crippen molar-refractivity contribution in [1.82, 2.24) is 5.32 Å². The minimum atomic E-state index is -0.105. The Morgan fingerprint density at radius 2 is 2.05 bits per heavy atom. The standard InChI is InChI=1S/C15H24N2O2/c1-12(2)16-9-6-10-19-11-15(18)17-14-8-5-4-7-13(14)3/h4-5,7-8,12,16H,6,9-11H2,1-3H3,(H,17,18). The molecule has 0 atom stereocenters. The molecule has 0 aliphatic heterocycles. The number of para-hydroxylation sites is 1. The van der Waals surface area contributed by atoms with Crippen LogP contribution in [0.1, 0.15) is 25.8 Å². The molecule has 106 valence electrons. The number of carbonyl (C=O) groups is 1. The normalized spacial score (nSPS) is 10.7. The largest absolute Gasteiger partial charge is 0.372 e. The van der Waals surface area contributed by atoms with E-state index in [2.05, 4.69) is 24.5 Å². The molecule has 0 saturated carbocycles. The van der Waals surface area contributed by atoms with Crippen molar-refractivity contribution >= 4 is 11.6 Å². The molecule has 4 nitrogen and oxygen atoms in total. The Kier molecular flexibility index (Phi) is 7.15. The predicted molar refractivity (Wildman–Crippen MR) is 78.4 cm³/mol. The summed E-state index contributed by atoms with van der Waals surface area (Å²) in [6, 6.07) is 8.20. The smallest absolute Gasteiger partial charge is 0.250 e. The Labute approximate surface area is 115 Å². The Bertz CT molecular complexity index is 391. The maximum Gasteiger partial charge on any atom is 0.250 e. The van der Waals surface area contributed by atoms with Crippen LogP contribution in [0, 0.1) is 6.92 Å². The number of benzene rings is 1. The third kappa shape index (κ3) is 6.94. The van der Waals surface area contributed by atoms with Crippen LogP contribution in [0.2, 0.25) is 0 Å². The molecule has 0 aliphatic carbocycles. The molecule has 0 heterocycles. The van der Waals surface area contributed by atoms with Gasteiger partial charge in [-0.05, 0) is 31.5 Å². The second-order valence-electron chi connectivity index (χ2n) is 4.88. The first-order valence-electron chi connectivity index (χ1n) is 6.76. The van der Waals surface area contributed by atoms with Crippen LogP contribution in [-0.4, -0.2) is 31.7 Å². The van der Waals surface area contributed by atoms with Crippen molar-refractivity contribution in [3.63, 3.8) is 0 Å². The van der Waals surface area contributed by atoms with Gasteiger partial charge in [0, 0.05) is 18.3 Å². The first-order chi connectivity index (χ1) is 9.09. The number of anilines is 1. The van der Waals surface area contributed by atoms with Gasteiger partial charge in [0.1, 0.15) is 6.61 Å². The molecule has 0 saturated heterocycles. The molecule has 1 aromatic rings. The van der Waals surface area contributed by atoms with Gasteiger partial charge in [-0.3, -0.25) is 4.79 Å². The van der Waals surface area contributed by atoms with Crippen molar-refractivity contribution < 1.29 is 9.53 Å². The van der Waals surface area contributed by atoms with Gasteiger partial charge in [0.2, 0.25) is 5.91 Å². The third-order valence-corrected chi connectivity index (χ3v) is 2.67. The summed E-state index contributed by atoms with van der Waals surface area (Å²) < 4.78 is 5.34. The molecule has 0 fully saturated rings. The maximum atomic E-state index is 11.7. The molecule has 19 heavy (non-hydrogen) atoms. The Morgan fingerprint density at radius 1 is 1.32 bits per heavy atom. The number of carbonyl (C=O) groups excluding carboxylic acids is 1. The van der Waals surface area contributed by atoms with E-state index >= 15 is 0 Å². The summed E-state index contributed by atoms with van der Waals surface area (Å²) in [7, 11) is 0. The summed E-state index contributed by atoms with van der Waals surface area (Å²) in [6.45, 7) is 7.80. The minimum absolute atomic E-state index is 0.105. The van der Waals surface area contributed by atoms with Gasteiger partial charge in [-0.25, -0.2) is 0 Å². The fraction of sp³-hybridized carbons (Fsp3) is 0.533. The van der Waals surface area contributed by atoms with Gasteiger partial charge in [-0.15, -0.1) is 0 Å². The zero-order chi connectivity index (χ0) is 14.1. The number of ether oxygens (including phenoxy) is 1. The van der Waals surface area contributed by atoms with E-state index in [4.69, 9.17) is 4.74 Å². The van der Waals surface area contributed by atoms with Crippen LogP contribution >= 0.6 is 0 Å². The van der Waals surface area contributed by atoms with Gasteiger partial charge in [-0.2, -0.15) is 0 Å². The number of nitrogens with one attached hydrogen (secondary N) is 2. The first-order valence-corrected chi connectivity index (χ1v) is 6.76. The Morgan fingerprint density at radius 3 is 2.74 bits per heavy atom. The van der Waals surface area contributed by atoms with E-state index in [0.717, 1.165) is 24.2 Å². The summed E-state index contributed by atoms with van der Waals surface area (Å²) in [5.74, 6) is -0.105. The van der Waals surface area contributed by atoms with E-state index in [-0.39, 0.29) is 12.5 Å². The van der Waals surface area contributed by atoms with Gasteiger partial charge in [0.05, 0.1) is 0 Å². The predicted octanol–water partition coefficient (Wildman–Crippen LogP) is 2.34. The van der Waals surface area contributed by atoms with Crippen molar-refractivity contribution in [2.24, 2.45) is 0 Å². The number of aryl methyl sites for hydroxylation is 1. The van der Waals surface area contributed by atoms with Crippen LogP contribution in [0.25, 0.3) is 0 Å². The van der Waals surface area contributed by atoms with Gasteiger partial charge in [0.15, 0.2) is 0 Å². The van der Waals surface area contributed by atoms with E-state index in [1.165, 1.54) is 0 Å². The van der Waals surface area contributed by atoms with Crippen LogP contribution in [0.3, 0.4) is 0 Å². The molecule has 1 amide bonds. The van der Waals surface area contributed by atoms with E-state index in [1.54, 1.807) is 0 Å². The number of amides is 1. The topological polar surface area (TPSA) is 50.4 Å². The summed E-state index contributed by atoms with van der Waals surface area (Å²) in [6.07, 6.45) is 0.913. The van der Waals surface area contributed by atoms with E-state index < -0.39 is 0 Å². The highest BCUT2D eigenvalue weighted by Gasteiger charge is 2.04. The zero-order valence-corrected chi connectivity index (χ0v) is 12.0. The van der Waals surface area contributed by atoms with Gasteiger partial charge in [-0.1, -0.05) is 32.0 Å². The quantitative estimate of drug-likeness (QED) is 0.709. The highest BCUT2D eigenvalue weighted by Crippen LogP contribution is 2.12. The maximum absolute atomic E-state index is 11.7. The monoisotopic (exact) mass is 264 g/mol. The zero-order valence-electron chi connectivity index (χ0n) is 12.0. The van der Waals surface area contributed by atoms with Crippen molar-refractivity contribution in [3.8, 4) is 0 Å². The van der Waals surface area contributed by atoms with Crippen molar-refractivity contribution in [2.75, 3.05) is 25.1 Å².